The molecular formula is C23H24BrN3O4. The van der Waals surface area contributed by atoms with Crippen molar-refractivity contribution in [1.82, 2.24) is 15.1 Å². The second-order valence-electron chi connectivity index (χ2n) is 6.83. The van der Waals surface area contributed by atoms with Crippen molar-refractivity contribution in [3.05, 3.63) is 75.0 Å². The minimum Gasteiger partial charge on any atom is -0.493 e. The summed E-state index contributed by atoms with van der Waals surface area (Å²) in [4.78, 5) is 24.3. The highest BCUT2D eigenvalue weighted by Crippen LogP contribution is 2.27. The molecule has 2 aromatic carbocycles. The number of amides is 1. The number of benzene rings is 2. The zero-order chi connectivity index (χ0) is 22.2. The van der Waals surface area contributed by atoms with Crippen LogP contribution in [-0.2, 0) is 17.8 Å². The summed E-state index contributed by atoms with van der Waals surface area (Å²) in [7, 11) is 3.18. The Balaban J connectivity index is 1.53. The Morgan fingerprint density at radius 3 is 2.48 bits per heavy atom. The van der Waals surface area contributed by atoms with Crippen LogP contribution in [0, 0.1) is 0 Å². The number of aryl methyl sites for hydroxylation is 1. The number of methoxy groups -OCH3 is 2. The van der Waals surface area contributed by atoms with Gasteiger partial charge in [-0.1, -0.05) is 34.1 Å². The first-order valence-electron chi connectivity index (χ1n) is 9.82. The van der Waals surface area contributed by atoms with E-state index in [0.717, 1.165) is 15.6 Å². The van der Waals surface area contributed by atoms with Crippen molar-refractivity contribution in [2.75, 3.05) is 20.8 Å². The molecule has 0 aliphatic rings. The smallest absolute Gasteiger partial charge is 0.266 e. The van der Waals surface area contributed by atoms with E-state index in [1.807, 2.05) is 42.5 Å². The summed E-state index contributed by atoms with van der Waals surface area (Å²) < 4.78 is 12.8. The fourth-order valence-electron chi connectivity index (χ4n) is 3.06. The highest BCUT2D eigenvalue weighted by molar-refractivity contribution is 9.10. The molecule has 1 N–H and O–H groups in total. The van der Waals surface area contributed by atoms with Crippen molar-refractivity contribution in [2.45, 2.75) is 19.4 Å². The lowest BCUT2D eigenvalue weighted by molar-refractivity contribution is -0.121. The van der Waals surface area contributed by atoms with Gasteiger partial charge in [-0.3, -0.25) is 9.59 Å². The lowest BCUT2D eigenvalue weighted by Crippen LogP contribution is -2.29. The third kappa shape index (κ3) is 6.18. The van der Waals surface area contributed by atoms with E-state index in [1.165, 1.54) is 10.7 Å². The van der Waals surface area contributed by atoms with Crippen molar-refractivity contribution < 1.29 is 14.3 Å². The molecule has 0 unspecified atom stereocenters. The van der Waals surface area contributed by atoms with Gasteiger partial charge in [-0.25, -0.2) is 4.68 Å². The lowest BCUT2D eigenvalue weighted by atomic mass is 10.1. The Hall–Kier alpha value is -3.13. The third-order valence-electron chi connectivity index (χ3n) is 4.74. The van der Waals surface area contributed by atoms with Crippen LogP contribution >= 0.6 is 15.9 Å². The number of hydrogen-bond donors (Lipinski definition) is 1. The minimum absolute atomic E-state index is 0.136. The Labute approximate surface area is 189 Å². The number of carbonyl (C=O) groups is 1. The van der Waals surface area contributed by atoms with Gasteiger partial charge < -0.3 is 14.8 Å². The van der Waals surface area contributed by atoms with Crippen LogP contribution in [0.15, 0.2) is 63.9 Å². The highest BCUT2D eigenvalue weighted by Gasteiger charge is 2.08. The normalized spacial score (nSPS) is 10.5. The molecule has 3 aromatic rings. The molecule has 0 atom stereocenters. The van der Waals surface area contributed by atoms with E-state index in [0.29, 0.717) is 30.2 Å². The third-order valence-corrected chi connectivity index (χ3v) is 5.27. The summed E-state index contributed by atoms with van der Waals surface area (Å²) in [5, 5.41) is 7.27. The van der Waals surface area contributed by atoms with Crippen molar-refractivity contribution in [1.29, 1.82) is 0 Å². The van der Waals surface area contributed by atoms with Crippen LogP contribution in [0.4, 0.5) is 0 Å². The van der Waals surface area contributed by atoms with Gasteiger partial charge in [0.25, 0.3) is 5.56 Å². The Morgan fingerprint density at radius 1 is 1.03 bits per heavy atom. The summed E-state index contributed by atoms with van der Waals surface area (Å²) in [6.07, 6.45) is 0.825. The number of nitrogens with one attached hydrogen (secondary N) is 1. The minimum atomic E-state index is -0.237. The Morgan fingerprint density at radius 2 is 1.77 bits per heavy atom. The number of rotatable bonds is 9. The van der Waals surface area contributed by atoms with E-state index >= 15 is 0 Å². The van der Waals surface area contributed by atoms with E-state index in [4.69, 9.17) is 9.47 Å². The molecule has 0 radical (unpaired) electrons. The molecule has 0 aliphatic carbocycles. The fraction of sp³-hybridized carbons (Fsp3) is 0.261. The molecule has 1 heterocycles. The van der Waals surface area contributed by atoms with Crippen LogP contribution in [-0.4, -0.2) is 36.5 Å². The van der Waals surface area contributed by atoms with Crippen LogP contribution in [0.2, 0.25) is 0 Å². The predicted octanol–water partition coefficient (Wildman–Crippen LogP) is 3.44. The van der Waals surface area contributed by atoms with Crippen molar-refractivity contribution >= 4 is 21.8 Å². The van der Waals surface area contributed by atoms with Crippen molar-refractivity contribution in [3.63, 3.8) is 0 Å². The van der Waals surface area contributed by atoms with E-state index < -0.39 is 0 Å². The maximum absolute atomic E-state index is 12.2. The molecule has 0 aliphatic heterocycles. The number of carbonyl (C=O) groups excluding carboxylic acids is 1. The highest BCUT2D eigenvalue weighted by atomic mass is 79.9. The molecule has 0 saturated carbocycles. The first kappa shape index (κ1) is 22.6. The van der Waals surface area contributed by atoms with Crippen LogP contribution in [0.5, 0.6) is 11.5 Å². The molecule has 1 amide bonds. The fourth-order valence-corrected chi connectivity index (χ4v) is 3.33. The van der Waals surface area contributed by atoms with Crippen LogP contribution in [0.3, 0.4) is 0 Å². The summed E-state index contributed by atoms with van der Waals surface area (Å²) >= 11 is 3.40. The van der Waals surface area contributed by atoms with Crippen LogP contribution in [0.25, 0.3) is 11.3 Å². The molecule has 0 saturated heterocycles. The second-order valence-corrected chi connectivity index (χ2v) is 7.74. The van der Waals surface area contributed by atoms with E-state index in [-0.39, 0.29) is 24.4 Å². The van der Waals surface area contributed by atoms with Gasteiger partial charge >= 0.3 is 0 Å². The summed E-state index contributed by atoms with van der Waals surface area (Å²) in [6, 6.07) is 16.5. The average Bonchev–Trinajstić information content (AvgIpc) is 2.79. The molecule has 31 heavy (non-hydrogen) atoms. The molecule has 7 nitrogen and oxygen atoms in total. The molecule has 0 fully saturated rings. The van der Waals surface area contributed by atoms with E-state index in [1.54, 1.807) is 20.3 Å². The molecule has 8 heteroatoms. The largest absolute Gasteiger partial charge is 0.493 e. The molecular weight excluding hydrogens is 462 g/mol. The van der Waals surface area contributed by atoms with Gasteiger partial charge in [0.05, 0.1) is 26.5 Å². The summed E-state index contributed by atoms with van der Waals surface area (Å²) in [6.45, 7) is 0.695. The van der Waals surface area contributed by atoms with Crippen LogP contribution in [0.1, 0.15) is 12.0 Å². The van der Waals surface area contributed by atoms with Crippen molar-refractivity contribution in [3.8, 4) is 22.8 Å². The SMILES string of the molecule is COc1ccc(CCNC(=O)CCn2nc(-c3ccc(Br)cc3)ccc2=O)cc1OC. The first-order valence-corrected chi connectivity index (χ1v) is 10.6. The number of nitrogens with zero attached hydrogens (tertiary/aromatic N) is 2. The van der Waals surface area contributed by atoms with Gasteiger partial charge in [-0.05, 0) is 42.3 Å². The van der Waals surface area contributed by atoms with Gasteiger partial charge in [-0.15, -0.1) is 0 Å². The maximum Gasteiger partial charge on any atom is 0.266 e. The molecule has 0 bridgehead atoms. The number of hydrogen-bond acceptors (Lipinski definition) is 5. The molecule has 3 rings (SSSR count). The second kappa shape index (κ2) is 10.8. The summed E-state index contributed by atoms with van der Waals surface area (Å²) in [5.41, 5.74) is 2.37. The molecule has 0 spiro atoms. The quantitative estimate of drug-likeness (QED) is 0.501. The monoisotopic (exact) mass is 485 g/mol. The van der Waals surface area contributed by atoms with Gasteiger partial charge in [0.1, 0.15) is 0 Å². The first-order chi connectivity index (χ1) is 15.0. The number of ether oxygens (including phenoxy) is 2. The van der Waals surface area contributed by atoms with Gasteiger partial charge in [0.15, 0.2) is 11.5 Å². The number of halogens is 1. The summed E-state index contributed by atoms with van der Waals surface area (Å²) in [5.74, 6) is 1.18. The molecule has 162 valence electrons. The number of aromatic nitrogens is 2. The van der Waals surface area contributed by atoms with E-state index in [2.05, 4.69) is 26.3 Å². The van der Waals surface area contributed by atoms with Gasteiger partial charge in [0.2, 0.25) is 5.91 Å². The molecule has 1 aromatic heterocycles. The van der Waals surface area contributed by atoms with Gasteiger partial charge in [0, 0.05) is 29.1 Å². The zero-order valence-electron chi connectivity index (χ0n) is 17.4. The van der Waals surface area contributed by atoms with Crippen molar-refractivity contribution in [2.24, 2.45) is 0 Å². The zero-order valence-corrected chi connectivity index (χ0v) is 19.0. The van der Waals surface area contributed by atoms with E-state index in [9.17, 15) is 9.59 Å². The lowest BCUT2D eigenvalue weighted by Gasteiger charge is -2.10. The average molecular weight is 486 g/mol. The Kier molecular flexibility index (Phi) is 7.83. The standard InChI is InChI=1S/C23H24BrN3O4/c1-30-20-9-3-16(15-21(20)31-2)11-13-25-22(28)12-14-27-23(29)10-8-19(26-27)17-4-6-18(24)7-5-17/h3-10,15H,11-14H2,1-2H3,(H,25,28). The maximum atomic E-state index is 12.2. The Bertz CT molecular complexity index is 1100. The van der Waals surface area contributed by atoms with Gasteiger partial charge in [-0.2, -0.15) is 5.10 Å². The van der Waals surface area contributed by atoms with Crippen LogP contribution < -0.4 is 20.3 Å². The predicted molar refractivity (Wildman–Crippen MR) is 123 cm³/mol. The topological polar surface area (TPSA) is 82.5 Å².